The molecule has 3 rings (SSSR count). The number of rotatable bonds is 22. The summed E-state index contributed by atoms with van der Waals surface area (Å²) in [6, 6.07) is 23.0. The molecule has 0 aliphatic heterocycles. The van der Waals surface area contributed by atoms with Crippen LogP contribution < -0.4 is 14.2 Å². The molecule has 0 aliphatic rings. The predicted molar refractivity (Wildman–Crippen MR) is 180 cm³/mol. The zero-order valence-corrected chi connectivity index (χ0v) is 27.7. The number of unbranched alkanes of at least 4 members (excludes halogenated alkanes) is 9. The summed E-state index contributed by atoms with van der Waals surface area (Å²) in [6.45, 7) is 8.54. The molecule has 0 radical (unpaired) electrons. The van der Waals surface area contributed by atoms with Gasteiger partial charge in [-0.3, -0.25) is 0 Å². The molecule has 6 nitrogen and oxygen atoms in total. The molecule has 44 heavy (non-hydrogen) atoms. The fraction of sp³-hybridized carbons (Fsp3) is 0.486. The Hall–Kier alpha value is -3.32. The first-order valence-corrected chi connectivity index (χ1v) is 18.0. The minimum Gasteiger partial charge on any atom is -0.494 e. The second-order valence-electron chi connectivity index (χ2n) is 11.0. The third-order valence-corrected chi connectivity index (χ3v) is 10.7. The Bertz CT molecular complexity index is 1050. The molecule has 0 amide bonds. The van der Waals surface area contributed by atoms with E-state index >= 15 is 0 Å². The minimum absolute atomic E-state index is 0.656. The Morgan fingerprint density at radius 2 is 0.795 bits per heavy atom. The zero-order valence-electron chi connectivity index (χ0n) is 26.9. The van der Waals surface area contributed by atoms with Crippen molar-refractivity contribution >= 4 is 16.5 Å². The monoisotopic (exact) mass is 624 g/mol. The predicted octanol–water partition coefficient (Wildman–Crippen LogP) is 11.5. The van der Waals surface area contributed by atoms with Crippen LogP contribution >= 0.6 is 10.3 Å². The van der Waals surface area contributed by atoms with Crippen molar-refractivity contribution in [2.75, 3.05) is 19.8 Å². The molecule has 0 heterocycles. The number of hydrogen-bond acceptors (Lipinski definition) is 5. The molecule has 3 aromatic carbocycles. The van der Waals surface area contributed by atoms with Crippen molar-refractivity contribution in [3.05, 3.63) is 72.8 Å². The molecule has 0 saturated carbocycles. The number of ether oxygens (including phenoxy) is 3. The number of carbonyl (C=O) groups is 1. The smallest absolute Gasteiger partial charge is 0.494 e. The molecule has 0 saturated heterocycles. The number of benzene rings is 3. The van der Waals surface area contributed by atoms with Gasteiger partial charge in [0.25, 0.3) is 0 Å². The van der Waals surface area contributed by atoms with E-state index in [2.05, 4.69) is 20.8 Å². The maximum Gasteiger partial charge on any atom is 0.517 e. The molecule has 0 aromatic heterocycles. The standard InChI is InChI=1S/C37H52O6S/c1-4-7-10-13-28-40-31-16-22-34(23-17-31)44(43-37(38)39,35-24-18-32(19-25-35)41-29-14-11-8-5-2)36-26-20-33(21-27-36)42-30-15-12-9-6-3/h16-27H,4-15,28-30H2,1-3H3,(H,38,39). The van der Waals surface area contributed by atoms with Gasteiger partial charge in [-0.1, -0.05) is 78.6 Å². The topological polar surface area (TPSA) is 74.2 Å². The van der Waals surface area contributed by atoms with Gasteiger partial charge in [0.05, 0.1) is 19.8 Å². The number of carboxylic acid groups (broad SMARTS) is 1. The Morgan fingerprint density at radius 1 is 0.500 bits per heavy atom. The number of hydrogen-bond donors (Lipinski definition) is 1. The maximum absolute atomic E-state index is 12.3. The largest absolute Gasteiger partial charge is 0.517 e. The second kappa shape index (κ2) is 19.9. The first-order chi connectivity index (χ1) is 21.5. The summed E-state index contributed by atoms with van der Waals surface area (Å²) in [7, 11) is -2.65. The summed E-state index contributed by atoms with van der Waals surface area (Å²) in [5, 5.41) is 10.1. The summed E-state index contributed by atoms with van der Waals surface area (Å²) in [4.78, 5) is 14.6. The molecule has 7 heteroatoms. The van der Waals surface area contributed by atoms with Gasteiger partial charge in [0, 0.05) is 14.7 Å². The van der Waals surface area contributed by atoms with Crippen molar-refractivity contribution in [2.45, 2.75) is 113 Å². The highest BCUT2D eigenvalue weighted by molar-refractivity contribution is 8.30. The summed E-state index contributed by atoms with van der Waals surface area (Å²) in [5.41, 5.74) is 0. The van der Waals surface area contributed by atoms with Crippen LogP contribution in [0.25, 0.3) is 0 Å². The van der Waals surface area contributed by atoms with Crippen molar-refractivity contribution in [1.29, 1.82) is 0 Å². The van der Waals surface area contributed by atoms with Crippen molar-refractivity contribution in [3.8, 4) is 17.2 Å². The Balaban J connectivity index is 1.91. The van der Waals surface area contributed by atoms with Crippen molar-refractivity contribution < 1.29 is 28.3 Å². The van der Waals surface area contributed by atoms with E-state index in [-0.39, 0.29) is 0 Å². The van der Waals surface area contributed by atoms with E-state index in [0.717, 1.165) is 70.5 Å². The van der Waals surface area contributed by atoms with Crippen LogP contribution in [0, 0.1) is 0 Å². The highest BCUT2D eigenvalue weighted by atomic mass is 32.3. The summed E-state index contributed by atoms with van der Waals surface area (Å²) < 4.78 is 23.9. The third kappa shape index (κ3) is 11.0. The van der Waals surface area contributed by atoms with Gasteiger partial charge >= 0.3 is 6.16 Å². The van der Waals surface area contributed by atoms with Gasteiger partial charge in [-0.2, -0.15) is 0 Å². The van der Waals surface area contributed by atoms with Crippen molar-refractivity contribution in [2.24, 2.45) is 0 Å². The lowest BCUT2D eigenvalue weighted by Gasteiger charge is -2.38. The lowest BCUT2D eigenvalue weighted by Crippen LogP contribution is -2.12. The summed E-state index contributed by atoms with van der Waals surface area (Å²) in [5.74, 6) is 2.27. The van der Waals surface area contributed by atoms with E-state index in [4.69, 9.17) is 18.4 Å². The molecule has 1 N–H and O–H groups in total. The molecule has 0 unspecified atom stereocenters. The van der Waals surface area contributed by atoms with E-state index in [9.17, 15) is 9.90 Å². The first kappa shape index (κ1) is 35.2. The van der Waals surface area contributed by atoms with Gasteiger partial charge in [0.1, 0.15) is 17.2 Å². The first-order valence-electron chi connectivity index (χ1n) is 16.5. The lowest BCUT2D eigenvalue weighted by molar-refractivity contribution is 0.150. The van der Waals surface area contributed by atoms with E-state index in [1.165, 1.54) is 38.5 Å². The average molecular weight is 625 g/mol. The van der Waals surface area contributed by atoms with Gasteiger partial charge in [-0.15, -0.1) is 0 Å². The highest BCUT2D eigenvalue weighted by Gasteiger charge is 2.36. The molecule has 0 bridgehead atoms. The van der Waals surface area contributed by atoms with Crippen LogP contribution in [0.5, 0.6) is 17.2 Å². The SMILES string of the molecule is CCCCCCOc1ccc(S(OC(=O)O)(c2ccc(OCCCCCC)cc2)c2ccc(OCCCCCC)cc2)cc1. The van der Waals surface area contributed by atoms with Crippen molar-refractivity contribution in [1.82, 2.24) is 0 Å². The van der Waals surface area contributed by atoms with Crippen LogP contribution in [0.2, 0.25) is 0 Å². The lowest BCUT2D eigenvalue weighted by atomic mass is 10.2. The summed E-state index contributed by atoms with van der Waals surface area (Å²) in [6.07, 6.45) is 12.3. The van der Waals surface area contributed by atoms with Gasteiger partial charge < -0.3 is 23.5 Å². The molecule has 0 atom stereocenters. The van der Waals surface area contributed by atoms with Gasteiger partial charge in [-0.05, 0) is 102 Å². The molecule has 242 valence electrons. The minimum atomic E-state index is -2.65. The summed E-state index contributed by atoms with van der Waals surface area (Å²) >= 11 is 0. The highest BCUT2D eigenvalue weighted by Crippen LogP contribution is 2.69. The molecular weight excluding hydrogens is 572 g/mol. The van der Waals surface area contributed by atoms with Crippen LogP contribution in [0.4, 0.5) is 4.79 Å². The van der Waals surface area contributed by atoms with Gasteiger partial charge in [-0.25, -0.2) is 4.79 Å². The zero-order chi connectivity index (χ0) is 31.5. The average Bonchev–Trinajstić information content (AvgIpc) is 3.04. The van der Waals surface area contributed by atoms with E-state index < -0.39 is 16.5 Å². The van der Waals surface area contributed by atoms with Crippen LogP contribution in [-0.2, 0) is 4.18 Å². The fourth-order valence-electron chi connectivity index (χ4n) is 5.00. The second-order valence-corrected chi connectivity index (χ2v) is 13.7. The normalized spacial score (nSPS) is 11.6. The van der Waals surface area contributed by atoms with E-state index in [0.29, 0.717) is 19.8 Å². The van der Waals surface area contributed by atoms with Crippen LogP contribution in [0.15, 0.2) is 87.5 Å². The van der Waals surface area contributed by atoms with Crippen LogP contribution in [0.1, 0.15) is 97.8 Å². The van der Waals surface area contributed by atoms with Crippen LogP contribution in [0.3, 0.4) is 0 Å². The van der Waals surface area contributed by atoms with Crippen molar-refractivity contribution in [3.63, 3.8) is 0 Å². The van der Waals surface area contributed by atoms with Crippen LogP contribution in [-0.4, -0.2) is 31.1 Å². The molecule has 0 spiro atoms. The molecule has 0 fully saturated rings. The third-order valence-electron chi connectivity index (χ3n) is 7.46. The Morgan fingerprint density at radius 3 is 1.05 bits per heavy atom. The van der Waals surface area contributed by atoms with E-state index in [1.807, 2.05) is 72.8 Å². The fourth-order valence-corrected chi connectivity index (χ4v) is 7.88. The van der Waals surface area contributed by atoms with Gasteiger partial charge in [0.2, 0.25) is 0 Å². The maximum atomic E-state index is 12.3. The molecular formula is C37H52O6S. The van der Waals surface area contributed by atoms with E-state index in [1.54, 1.807) is 0 Å². The quantitative estimate of drug-likeness (QED) is 0.112. The Kier molecular flexibility index (Phi) is 15.9. The molecule has 3 aromatic rings. The molecule has 0 aliphatic carbocycles. The van der Waals surface area contributed by atoms with Gasteiger partial charge in [0.15, 0.2) is 0 Å². The Labute approximate surface area is 266 Å².